The largest absolute Gasteiger partial charge is 0.453 e. The number of benzene rings is 3. The first kappa shape index (κ1) is 41.2. The zero-order valence-corrected chi connectivity index (χ0v) is 32.6. The number of alkyl carbamates (subject to hydrolysis) is 1. The van der Waals surface area contributed by atoms with Crippen molar-refractivity contribution in [2.45, 2.75) is 90.4 Å². The number of aryl methyl sites for hydroxylation is 2. The summed E-state index contributed by atoms with van der Waals surface area (Å²) in [6.07, 6.45) is 2.54. The first-order chi connectivity index (χ1) is 25.2. The van der Waals surface area contributed by atoms with E-state index in [9.17, 15) is 24.8 Å². The van der Waals surface area contributed by atoms with E-state index in [1.54, 1.807) is 18.0 Å². The molecule has 3 amide bonds. The van der Waals surface area contributed by atoms with Crippen molar-refractivity contribution in [3.05, 3.63) is 93.5 Å². The van der Waals surface area contributed by atoms with Crippen LogP contribution in [0.25, 0.3) is 11.1 Å². The fourth-order valence-corrected chi connectivity index (χ4v) is 7.34. The number of amides is 3. The Balaban J connectivity index is 1.68. The van der Waals surface area contributed by atoms with E-state index in [1.807, 2.05) is 63.2 Å². The number of carbonyl (C=O) groups excluding carboxylic acids is 3. The molecule has 0 bridgehead atoms. The minimum Gasteiger partial charge on any atom is -0.453 e. The summed E-state index contributed by atoms with van der Waals surface area (Å²) >= 11 is 6.93. The number of hydrogen-bond acceptors (Lipinski definition) is 7. The fourth-order valence-electron chi connectivity index (χ4n) is 7.06. The third-order valence-corrected chi connectivity index (χ3v) is 10.0. The standard InChI is InChI=1S/C42H53ClN4O6/c1-7-29-13-8-14-32(25-29)37-35(17-9-18-36(37)43)42(51,21-12-23-45-39(49)52-6)33-16-11-24-47(28-33)38(48)34-20-19-30(26-31(34)15-10-22-44)27-46(5)40(50)53-41(2,3)4/h8-9,13-14,17-20,25-26,33,51H,7,10-12,15-16,21,23-24,27-28H2,1-6H3,(H,45,49)/t33-,42?/m1/s1. The molecule has 4 rings (SSSR count). The number of nitrogens with one attached hydrogen (secondary N) is 1. The zero-order valence-electron chi connectivity index (χ0n) is 31.8. The number of nitriles is 1. The number of rotatable bonds is 13. The molecule has 0 spiro atoms. The average molecular weight is 745 g/mol. The van der Waals surface area contributed by atoms with Gasteiger partial charge in [-0.1, -0.05) is 67.1 Å². The van der Waals surface area contributed by atoms with E-state index in [2.05, 4.69) is 30.4 Å². The Labute approximate surface area is 319 Å². The lowest BCUT2D eigenvalue weighted by atomic mass is 9.72. The maximum Gasteiger partial charge on any atom is 0.410 e. The van der Waals surface area contributed by atoms with Gasteiger partial charge >= 0.3 is 12.2 Å². The van der Waals surface area contributed by atoms with Crippen molar-refractivity contribution in [2.24, 2.45) is 5.92 Å². The van der Waals surface area contributed by atoms with Gasteiger partial charge in [0, 0.05) is 61.7 Å². The summed E-state index contributed by atoms with van der Waals surface area (Å²) in [5, 5.41) is 25.7. The van der Waals surface area contributed by atoms with Gasteiger partial charge in [0.1, 0.15) is 5.60 Å². The van der Waals surface area contributed by atoms with Crippen molar-refractivity contribution in [1.82, 2.24) is 15.1 Å². The summed E-state index contributed by atoms with van der Waals surface area (Å²) < 4.78 is 10.3. The Hall–Kier alpha value is -4.59. The van der Waals surface area contributed by atoms with Crippen molar-refractivity contribution in [3.63, 3.8) is 0 Å². The molecule has 1 heterocycles. The Morgan fingerprint density at radius 1 is 1.09 bits per heavy atom. The van der Waals surface area contributed by atoms with Crippen molar-refractivity contribution >= 4 is 29.7 Å². The number of piperidine rings is 1. The Bertz CT molecular complexity index is 1800. The lowest BCUT2D eigenvalue weighted by Gasteiger charge is -2.44. The van der Waals surface area contributed by atoms with Gasteiger partial charge in [0.15, 0.2) is 0 Å². The minimum absolute atomic E-state index is 0.175. The van der Waals surface area contributed by atoms with Crippen LogP contribution in [0.15, 0.2) is 60.7 Å². The van der Waals surface area contributed by atoms with Crippen molar-refractivity contribution in [1.29, 1.82) is 5.26 Å². The van der Waals surface area contributed by atoms with Gasteiger partial charge in [0.2, 0.25) is 0 Å². The zero-order chi connectivity index (χ0) is 38.8. The topological polar surface area (TPSA) is 132 Å². The Kier molecular flexibility index (Phi) is 14.3. The number of ether oxygens (including phenoxy) is 2. The summed E-state index contributed by atoms with van der Waals surface area (Å²) in [6.45, 7) is 8.90. The lowest BCUT2D eigenvalue weighted by molar-refractivity contribution is -0.0563. The smallest absolute Gasteiger partial charge is 0.410 e. The molecule has 0 aromatic heterocycles. The third-order valence-electron chi connectivity index (χ3n) is 9.71. The number of methoxy groups -OCH3 is 1. The summed E-state index contributed by atoms with van der Waals surface area (Å²) in [6, 6.07) is 21.4. The Morgan fingerprint density at radius 2 is 1.85 bits per heavy atom. The highest BCUT2D eigenvalue weighted by Gasteiger charge is 2.43. The van der Waals surface area contributed by atoms with Gasteiger partial charge in [-0.05, 0) is 99.2 Å². The first-order valence-electron chi connectivity index (χ1n) is 18.3. The van der Waals surface area contributed by atoms with E-state index in [1.165, 1.54) is 12.0 Å². The number of halogens is 1. The number of hydrogen-bond donors (Lipinski definition) is 2. The van der Waals surface area contributed by atoms with Gasteiger partial charge in [-0.3, -0.25) is 4.79 Å². The SMILES string of the molecule is CCc1cccc(-c2c(Cl)cccc2C(O)(CCCNC(=O)OC)[C@@H]2CCCN(C(=O)c3ccc(CN(C)C(=O)OC(C)(C)C)cc3CCC#N)C2)c1. The van der Waals surface area contributed by atoms with Gasteiger partial charge in [0.25, 0.3) is 5.91 Å². The van der Waals surface area contributed by atoms with E-state index < -0.39 is 23.4 Å². The molecule has 2 N–H and O–H groups in total. The van der Waals surface area contributed by atoms with Crippen LogP contribution in [-0.2, 0) is 34.5 Å². The normalized spacial score (nSPS) is 15.5. The molecular weight excluding hydrogens is 692 g/mol. The highest BCUT2D eigenvalue weighted by atomic mass is 35.5. The molecule has 0 aliphatic carbocycles. The Morgan fingerprint density at radius 3 is 2.55 bits per heavy atom. The second kappa shape index (κ2) is 18.4. The number of carbonyl (C=O) groups is 3. The van der Waals surface area contributed by atoms with Gasteiger partial charge in [-0.15, -0.1) is 0 Å². The average Bonchev–Trinajstić information content (AvgIpc) is 3.14. The molecular formula is C42H53ClN4O6. The quantitative estimate of drug-likeness (QED) is 0.168. The molecule has 11 heteroatoms. The number of likely N-dealkylation sites (tertiary alicyclic amines) is 1. The number of aliphatic hydroxyl groups is 1. The molecule has 3 aromatic carbocycles. The van der Waals surface area contributed by atoms with Crippen LogP contribution in [0.3, 0.4) is 0 Å². The lowest BCUT2D eigenvalue weighted by Crippen LogP contribution is -2.48. The van der Waals surface area contributed by atoms with Crippen molar-refractivity contribution < 1.29 is 29.0 Å². The third kappa shape index (κ3) is 10.7. The fraction of sp³-hybridized carbons (Fsp3) is 0.476. The minimum atomic E-state index is -1.40. The maximum absolute atomic E-state index is 14.4. The molecule has 0 saturated carbocycles. The van der Waals surface area contributed by atoms with Gasteiger partial charge in [-0.2, -0.15) is 5.26 Å². The van der Waals surface area contributed by atoms with Gasteiger partial charge in [-0.25, -0.2) is 9.59 Å². The van der Waals surface area contributed by atoms with Crippen LogP contribution in [0, 0.1) is 17.2 Å². The first-order valence-corrected chi connectivity index (χ1v) is 18.7. The van der Waals surface area contributed by atoms with Gasteiger partial charge in [0.05, 0.1) is 18.8 Å². The highest BCUT2D eigenvalue weighted by Crippen LogP contribution is 2.46. The van der Waals surface area contributed by atoms with Crippen molar-refractivity contribution in [3.8, 4) is 17.2 Å². The predicted octanol–water partition coefficient (Wildman–Crippen LogP) is 8.27. The van der Waals surface area contributed by atoms with Crippen LogP contribution in [0.4, 0.5) is 9.59 Å². The van der Waals surface area contributed by atoms with Crippen LogP contribution in [0.1, 0.15) is 92.4 Å². The van der Waals surface area contributed by atoms with Crippen LogP contribution in [0.5, 0.6) is 0 Å². The van der Waals surface area contributed by atoms with E-state index in [4.69, 9.17) is 21.1 Å². The van der Waals surface area contributed by atoms with E-state index in [0.29, 0.717) is 67.9 Å². The molecule has 2 atom stereocenters. The molecule has 1 aliphatic heterocycles. The number of nitrogens with zero attached hydrogens (tertiary/aromatic N) is 3. The van der Waals surface area contributed by atoms with Crippen molar-refractivity contribution in [2.75, 3.05) is 33.8 Å². The monoisotopic (exact) mass is 744 g/mol. The molecule has 1 saturated heterocycles. The summed E-state index contributed by atoms with van der Waals surface area (Å²) in [4.78, 5) is 42.1. The summed E-state index contributed by atoms with van der Waals surface area (Å²) in [7, 11) is 2.97. The van der Waals surface area contributed by atoms with Crippen LogP contribution < -0.4 is 5.32 Å². The molecule has 1 aliphatic rings. The second-order valence-corrected chi connectivity index (χ2v) is 15.1. The van der Waals surface area contributed by atoms with Crippen LogP contribution >= 0.6 is 11.6 Å². The predicted molar refractivity (Wildman–Crippen MR) is 207 cm³/mol. The van der Waals surface area contributed by atoms with E-state index >= 15 is 0 Å². The molecule has 10 nitrogen and oxygen atoms in total. The van der Waals surface area contributed by atoms with Crippen LogP contribution in [-0.4, -0.2) is 72.4 Å². The van der Waals surface area contributed by atoms with Crippen LogP contribution in [0.2, 0.25) is 5.02 Å². The second-order valence-electron chi connectivity index (χ2n) is 14.7. The molecule has 1 fully saturated rings. The maximum atomic E-state index is 14.4. The molecule has 0 radical (unpaired) electrons. The summed E-state index contributed by atoms with van der Waals surface area (Å²) in [5.41, 5.74) is 3.48. The molecule has 284 valence electrons. The van der Waals surface area contributed by atoms with E-state index in [-0.39, 0.29) is 24.8 Å². The summed E-state index contributed by atoms with van der Waals surface area (Å²) in [5.74, 6) is -0.527. The highest BCUT2D eigenvalue weighted by molar-refractivity contribution is 6.33. The van der Waals surface area contributed by atoms with E-state index in [0.717, 1.165) is 34.2 Å². The molecule has 3 aromatic rings. The molecule has 1 unspecified atom stereocenters. The van der Waals surface area contributed by atoms with Gasteiger partial charge < -0.3 is 29.7 Å². The molecule has 53 heavy (non-hydrogen) atoms.